The van der Waals surface area contributed by atoms with Gasteiger partial charge in [-0.05, 0) is 37.0 Å². The zero-order valence-electron chi connectivity index (χ0n) is 13.8. The average Bonchev–Trinajstić information content (AvgIpc) is 3.05. The molecule has 1 amide bonds. The number of benzene rings is 1. The van der Waals surface area contributed by atoms with Gasteiger partial charge in [-0.1, -0.05) is 42.4 Å². The molecule has 1 unspecified atom stereocenters. The smallest absolute Gasteiger partial charge is 0.230 e. The molecule has 3 aromatic rings. The lowest BCUT2D eigenvalue weighted by Gasteiger charge is -2.10. The van der Waals surface area contributed by atoms with Gasteiger partial charge < -0.3 is 5.32 Å². The van der Waals surface area contributed by atoms with Gasteiger partial charge in [-0.2, -0.15) is 4.37 Å². The number of carbonyl (C=O) groups excluding carboxylic acids is 1. The largest absolute Gasteiger partial charge is 0.353 e. The van der Waals surface area contributed by atoms with Gasteiger partial charge in [-0.25, -0.2) is 9.97 Å². The van der Waals surface area contributed by atoms with Crippen LogP contribution in [0.25, 0.3) is 21.5 Å². The van der Waals surface area contributed by atoms with Gasteiger partial charge in [0.2, 0.25) is 5.91 Å². The van der Waals surface area contributed by atoms with E-state index in [0.717, 1.165) is 32.9 Å². The van der Waals surface area contributed by atoms with Crippen LogP contribution in [0.2, 0.25) is 5.02 Å². The number of hydrogen-bond acceptors (Lipinski definition) is 6. The van der Waals surface area contributed by atoms with Gasteiger partial charge in [0.1, 0.15) is 27.3 Å². The molecular weight excluding hydrogens is 376 g/mol. The van der Waals surface area contributed by atoms with Gasteiger partial charge >= 0.3 is 0 Å². The monoisotopic (exact) mass is 392 g/mol. The van der Waals surface area contributed by atoms with Crippen molar-refractivity contribution < 1.29 is 4.79 Å². The summed E-state index contributed by atoms with van der Waals surface area (Å²) in [5, 5.41) is 4.42. The second-order valence-electron chi connectivity index (χ2n) is 5.56. The molecule has 0 saturated heterocycles. The first-order valence-electron chi connectivity index (χ1n) is 7.87. The summed E-state index contributed by atoms with van der Waals surface area (Å²) >= 11 is 8.71. The molecule has 0 aliphatic heterocycles. The number of halogens is 1. The molecule has 0 radical (unpaired) electrons. The van der Waals surface area contributed by atoms with Crippen LogP contribution in [0.1, 0.15) is 20.3 Å². The summed E-state index contributed by atoms with van der Waals surface area (Å²) in [5.74, 6) is 0.332. The zero-order valence-corrected chi connectivity index (χ0v) is 16.2. The predicted octanol–water partition coefficient (Wildman–Crippen LogP) is 4.41. The number of fused-ring (bicyclic) bond motifs is 1. The van der Waals surface area contributed by atoms with E-state index in [1.54, 1.807) is 0 Å². The van der Waals surface area contributed by atoms with E-state index >= 15 is 0 Å². The number of rotatable bonds is 6. The number of aromatic nitrogens is 3. The second-order valence-corrected chi connectivity index (χ2v) is 7.73. The van der Waals surface area contributed by atoms with Crippen LogP contribution in [0.4, 0.5) is 0 Å². The van der Waals surface area contributed by atoms with Crippen LogP contribution in [0.15, 0.2) is 35.6 Å². The average molecular weight is 393 g/mol. The number of nitrogens with one attached hydrogen (secondary N) is 1. The van der Waals surface area contributed by atoms with E-state index in [9.17, 15) is 4.79 Å². The third kappa shape index (κ3) is 4.29. The van der Waals surface area contributed by atoms with Crippen molar-refractivity contribution in [2.24, 2.45) is 0 Å². The third-order valence-corrected chi connectivity index (χ3v) is 5.91. The van der Waals surface area contributed by atoms with Gasteiger partial charge in [0.05, 0.1) is 5.75 Å². The maximum Gasteiger partial charge on any atom is 0.230 e. The van der Waals surface area contributed by atoms with E-state index in [4.69, 9.17) is 11.6 Å². The molecule has 0 saturated carbocycles. The lowest BCUT2D eigenvalue weighted by molar-refractivity contribution is -0.119. The van der Waals surface area contributed by atoms with Gasteiger partial charge in [-0.15, -0.1) is 0 Å². The fourth-order valence-electron chi connectivity index (χ4n) is 2.20. The van der Waals surface area contributed by atoms with Crippen LogP contribution in [0.5, 0.6) is 0 Å². The Hall–Kier alpha value is -1.70. The van der Waals surface area contributed by atoms with Crippen molar-refractivity contribution >= 4 is 51.0 Å². The summed E-state index contributed by atoms with van der Waals surface area (Å²) in [4.78, 5) is 20.7. The Morgan fingerprint density at radius 1 is 1.32 bits per heavy atom. The van der Waals surface area contributed by atoms with Crippen molar-refractivity contribution in [3.05, 3.63) is 35.6 Å². The minimum atomic E-state index is 0.00792. The first-order valence-corrected chi connectivity index (χ1v) is 10.0. The van der Waals surface area contributed by atoms with E-state index in [1.807, 2.05) is 38.1 Å². The molecule has 0 aliphatic carbocycles. The molecule has 0 bridgehead atoms. The summed E-state index contributed by atoms with van der Waals surface area (Å²) in [6, 6.07) is 7.69. The number of hydrogen-bond donors (Lipinski definition) is 1. The highest BCUT2D eigenvalue weighted by atomic mass is 35.5. The number of thioether (sulfide) groups is 1. The van der Waals surface area contributed by atoms with E-state index in [1.165, 1.54) is 29.6 Å². The normalized spacial score (nSPS) is 12.3. The second kappa shape index (κ2) is 8.12. The van der Waals surface area contributed by atoms with Crippen LogP contribution in [0, 0.1) is 0 Å². The molecule has 2 aromatic heterocycles. The van der Waals surface area contributed by atoms with E-state index in [0.29, 0.717) is 10.8 Å². The van der Waals surface area contributed by atoms with Crippen molar-refractivity contribution in [1.29, 1.82) is 0 Å². The SMILES string of the molecule is CCC(C)NC(=O)CSc1ncnc2c(-c3ccc(Cl)cc3)nsc12. The summed E-state index contributed by atoms with van der Waals surface area (Å²) in [6.45, 7) is 4.04. The van der Waals surface area contributed by atoms with Crippen LogP contribution >= 0.6 is 34.9 Å². The van der Waals surface area contributed by atoms with Crippen molar-refractivity contribution in [2.45, 2.75) is 31.3 Å². The van der Waals surface area contributed by atoms with Crippen molar-refractivity contribution in [1.82, 2.24) is 19.7 Å². The molecule has 130 valence electrons. The Balaban J connectivity index is 1.81. The fourth-order valence-corrected chi connectivity index (χ4v) is 4.05. The van der Waals surface area contributed by atoms with Crippen LogP contribution in [-0.2, 0) is 4.79 Å². The van der Waals surface area contributed by atoms with Gasteiger partial charge in [0.25, 0.3) is 0 Å². The lowest BCUT2D eigenvalue weighted by atomic mass is 10.1. The predicted molar refractivity (Wildman–Crippen MR) is 104 cm³/mol. The minimum absolute atomic E-state index is 0.00792. The molecule has 0 aliphatic rings. The Bertz CT molecular complexity index is 882. The highest BCUT2D eigenvalue weighted by molar-refractivity contribution is 8.00. The van der Waals surface area contributed by atoms with E-state index in [2.05, 4.69) is 19.7 Å². The van der Waals surface area contributed by atoms with E-state index < -0.39 is 0 Å². The number of carbonyl (C=O) groups is 1. The molecule has 3 rings (SSSR count). The lowest BCUT2D eigenvalue weighted by Crippen LogP contribution is -2.33. The summed E-state index contributed by atoms with van der Waals surface area (Å²) in [7, 11) is 0. The Labute approximate surface area is 159 Å². The molecule has 1 atom stereocenters. The van der Waals surface area contributed by atoms with Crippen LogP contribution < -0.4 is 5.32 Å². The summed E-state index contributed by atoms with van der Waals surface area (Å²) in [5.41, 5.74) is 2.57. The standard InChI is InChI=1S/C17H17ClN4OS2/c1-3-10(2)21-13(23)8-24-17-16-15(19-9-20-17)14(22-25-16)11-4-6-12(18)7-5-11/h4-7,9-10H,3,8H2,1-2H3,(H,21,23). The maximum atomic E-state index is 12.0. The molecule has 25 heavy (non-hydrogen) atoms. The van der Waals surface area contributed by atoms with Gasteiger partial charge in [0.15, 0.2) is 0 Å². The molecular formula is C17H17ClN4OS2. The first kappa shape index (κ1) is 18.1. The molecule has 5 nitrogen and oxygen atoms in total. The molecule has 2 heterocycles. The third-order valence-electron chi connectivity index (χ3n) is 3.70. The molecule has 1 N–H and O–H groups in total. The summed E-state index contributed by atoms with van der Waals surface area (Å²) in [6.07, 6.45) is 2.43. The number of amides is 1. The zero-order chi connectivity index (χ0) is 17.8. The Kier molecular flexibility index (Phi) is 5.88. The van der Waals surface area contributed by atoms with Gasteiger partial charge in [-0.3, -0.25) is 4.79 Å². The quantitative estimate of drug-likeness (QED) is 0.497. The maximum absolute atomic E-state index is 12.0. The topological polar surface area (TPSA) is 67.8 Å². The first-order chi connectivity index (χ1) is 12.1. The molecule has 0 fully saturated rings. The van der Waals surface area contributed by atoms with Crippen molar-refractivity contribution in [2.75, 3.05) is 5.75 Å². The highest BCUT2D eigenvalue weighted by Crippen LogP contribution is 2.34. The summed E-state index contributed by atoms with van der Waals surface area (Å²) < 4.78 is 5.42. The fraction of sp³-hybridized carbons (Fsp3) is 0.294. The van der Waals surface area contributed by atoms with Crippen LogP contribution in [0.3, 0.4) is 0 Å². The highest BCUT2D eigenvalue weighted by Gasteiger charge is 2.15. The van der Waals surface area contributed by atoms with Crippen molar-refractivity contribution in [3.63, 3.8) is 0 Å². The number of nitrogens with zero attached hydrogens (tertiary/aromatic N) is 3. The Morgan fingerprint density at radius 3 is 2.80 bits per heavy atom. The van der Waals surface area contributed by atoms with E-state index in [-0.39, 0.29) is 11.9 Å². The molecule has 1 aromatic carbocycles. The minimum Gasteiger partial charge on any atom is -0.353 e. The van der Waals surface area contributed by atoms with Crippen LogP contribution in [-0.4, -0.2) is 32.0 Å². The molecule has 8 heteroatoms. The van der Waals surface area contributed by atoms with Gasteiger partial charge in [0, 0.05) is 16.6 Å². The Morgan fingerprint density at radius 2 is 2.08 bits per heavy atom. The molecule has 0 spiro atoms. The van der Waals surface area contributed by atoms with Crippen molar-refractivity contribution in [3.8, 4) is 11.3 Å².